The maximum atomic E-state index is 13.6. The van der Waals surface area contributed by atoms with Crippen molar-refractivity contribution in [3.8, 4) is 5.75 Å². The Labute approximate surface area is 112 Å². The summed E-state index contributed by atoms with van der Waals surface area (Å²) < 4.78 is 24.1. The Balaban J connectivity index is 2.04. The van der Waals surface area contributed by atoms with Crippen LogP contribution in [-0.4, -0.2) is 49.0 Å². The van der Waals surface area contributed by atoms with Gasteiger partial charge in [0.1, 0.15) is 0 Å². The van der Waals surface area contributed by atoms with Crippen LogP contribution in [0.3, 0.4) is 0 Å². The van der Waals surface area contributed by atoms with E-state index in [0.717, 1.165) is 5.56 Å². The van der Waals surface area contributed by atoms with Gasteiger partial charge in [0.15, 0.2) is 11.6 Å². The molecule has 0 saturated carbocycles. The molecule has 2 rings (SSSR count). The molecule has 1 aliphatic heterocycles. The van der Waals surface area contributed by atoms with Gasteiger partial charge in [-0.2, -0.15) is 0 Å². The first-order valence-corrected chi connectivity index (χ1v) is 6.49. The number of para-hydroxylation sites is 1. The second-order valence-electron chi connectivity index (χ2n) is 4.69. The van der Waals surface area contributed by atoms with E-state index >= 15 is 0 Å². The number of aliphatic hydroxyl groups excluding tert-OH is 1. The molecule has 1 heterocycles. The van der Waals surface area contributed by atoms with Crippen molar-refractivity contribution in [2.45, 2.75) is 25.7 Å². The van der Waals surface area contributed by atoms with Crippen molar-refractivity contribution < 1.29 is 19.0 Å². The highest BCUT2D eigenvalue weighted by molar-refractivity contribution is 5.34. The highest BCUT2D eigenvalue weighted by Gasteiger charge is 2.32. The number of likely N-dealkylation sites (tertiary alicyclic amines) is 1. The number of methoxy groups -OCH3 is 1. The summed E-state index contributed by atoms with van der Waals surface area (Å²) in [5.41, 5.74) is 0.784. The van der Waals surface area contributed by atoms with Crippen LogP contribution in [0.2, 0.25) is 0 Å². The number of hydrogen-bond acceptors (Lipinski definition) is 4. The van der Waals surface area contributed by atoms with Crippen molar-refractivity contribution >= 4 is 0 Å². The average Bonchev–Trinajstić information content (AvgIpc) is 2.71. The van der Waals surface area contributed by atoms with Crippen molar-refractivity contribution in [1.82, 2.24) is 4.90 Å². The van der Waals surface area contributed by atoms with Crippen LogP contribution in [0.25, 0.3) is 0 Å². The summed E-state index contributed by atoms with van der Waals surface area (Å²) in [5.74, 6) is -0.0852. The summed E-state index contributed by atoms with van der Waals surface area (Å²) in [5, 5.41) is 9.88. The highest BCUT2D eigenvalue weighted by atomic mass is 19.1. The molecule has 1 aliphatic rings. The summed E-state index contributed by atoms with van der Waals surface area (Å²) in [6.07, 6.45) is -0.649. The number of benzene rings is 1. The van der Waals surface area contributed by atoms with Crippen LogP contribution in [0.4, 0.5) is 4.39 Å². The molecule has 0 aromatic heterocycles. The molecule has 0 unspecified atom stereocenters. The van der Waals surface area contributed by atoms with Gasteiger partial charge in [0.2, 0.25) is 0 Å². The van der Waals surface area contributed by atoms with Crippen molar-refractivity contribution in [1.29, 1.82) is 0 Å². The Morgan fingerprint density at radius 3 is 2.89 bits per heavy atom. The van der Waals surface area contributed by atoms with Gasteiger partial charge in [-0.25, -0.2) is 4.39 Å². The highest BCUT2D eigenvalue weighted by Crippen LogP contribution is 2.25. The van der Waals surface area contributed by atoms with Crippen LogP contribution in [0.1, 0.15) is 12.5 Å². The summed E-state index contributed by atoms with van der Waals surface area (Å²) in [4.78, 5) is 2.04. The maximum Gasteiger partial charge on any atom is 0.165 e. The summed E-state index contributed by atoms with van der Waals surface area (Å²) in [7, 11) is 1.46. The Morgan fingerprint density at radius 1 is 1.42 bits per heavy atom. The SMILES string of the molecule is CCO[C@@H]1CN(Cc2cccc(F)c2OC)C[C@H]1O. The third kappa shape index (κ3) is 3.23. The van der Waals surface area contributed by atoms with Crippen molar-refractivity contribution in [3.63, 3.8) is 0 Å². The largest absolute Gasteiger partial charge is 0.493 e. The van der Waals surface area contributed by atoms with Crippen LogP contribution in [0.15, 0.2) is 18.2 Å². The van der Waals surface area contributed by atoms with Crippen LogP contribution in [-0.2, 0) is 11.3 Å². The Kier molecular flexibility index (Phi) is 4.74. The molecule has 19 heavy (non-hydrogen) atoms. The molecular formula is C14H20FNO3. The first-order chi connectivity index (χ1) is 9.15. The van der Waals surface area contributed by atoms with Crippen molar-refractivity contribution in [2.75, 3.05) is 26.8 Å². The predicted molar refractivity (Wildman–Crippen MR) is 69.6 cm³/mol. The van der Waals surface area contributed by atoms with E-state index in [4.69, 9.17) is 9.47 Å². The van der Waals surface area contributed by atoms with Gasteiger partial charge in [-0.15, -0.1) is 0 Å². The van der Waals surface area contributed by atoms with E-state index in [-0.39, 0.29) is 17.7 Å². The monoisotopic (exact) mass is 269 g/mol. The standard InChI is InChI=1S/C14H20FNO3/c1-3-19-13-9-16(8-12(13)17)7-10-5-4-6-11(15)14(10)18-2/h4-6,12-13,17H,3,7-9H2,1-2H3/t12-,13-/m1/s1. The number of nitrogens with zero attached hydrogens (tertiary/aromatic N) is 1. The van der Waals surface area contributed by atoms with Crippen molar-refractivity contribution in [3.05, 3.63) is 29.6 Å². The van der Waals surface area contributed by atoms with Gasteiger partial charge >= 0.3 is 0 Å². The fourth-order valence-corrected chi connectivity index (χ4v) is 2.49. The number of hydrogen-bond donors (Lipinski definition) is 1. The minimum absolute atomic E-state index is 0.162. The Hall–Kier alpha value is -1.17. The first kappa shape index (κ1) is 14.2. The molecule has 106 valence electrons. The molecular weight excluding hydrogens is 249 g/mol. The molecule has 0 radical (unpaired) electrons. The topological polar surface area (TPSA) is 41.9 Å². The lowest BCUT2D eigenvalue weighted by Gasteiger charge is -2.17. The van der Waals surface area contributed by atoms with Crippen LogP contribution < -0.4 is 4.74 Å². The minimum atomic E-state index is -0.487. The number of halogens is 1. The molecule has 2 atom stereocenters. The van der Waals surface area contributed by atoms with E-state index in [2.05, 4.69) is 0 Å². The molecule has 1 aromatic carbocycles. The number of aliphatic hydroxyl groups is 1. The van der Waals surface area contributed by atoms with Crippen molar-refractivity contribution in [2.24, 2.45) is 0 Å². The van der Waals surface area contributed by atoms with Crippen LogP contribution in [0, 0.1) is 5.82 Å². The van der Waals surface area contributed by atoms with Crippen LogP contribution in [0.5, 0.6) is 5.75 Å². The molecule has 1 saturated heterocycles. The molecule has 0 aliphatic carbocycles. The fraction of sp³-hybridized carbons (Fsp3) is 0.571. The molecule has 0 bridgehead atoms. The first-order valence-electron chi connectivity index (χ1n) is 6.49. The number of β-amino-alcohol motifs (C(OH)–C–C–N with tert-alkyl or cyclic N) is 1. The zero-order chi connectivity index (χ0) is 13.8. The zero-order valence-corrected chi connectivity index (χ0v) is 11.3. The van der Waals surface area contributed by atoms with Gasteiger partial charge in [-0.3, -0.25) is 4.90 Å². The smallest absolute Gasteiger partial charge is 0.165 e. The Morgan fingerprint density at radius 2 is 2.21 bits per heavy atom. The molecule has 0 spiro atoms. The van der Waals surface area contributed by atoms with Gasteiger partial charge in [0.05, 0.1) is 19.3 Å². The van der Waals surface area contributed by atoms with E-state index < -0.39 is 6.10 Å². The predicted octanol–water partition coefficient (Wildman–Crippen LogP) is 1.42. The van der Waals surface area contributed by atoms with Gasteiger partial charge < -0.3 is 14.6 Å². The summed E-state index contributed by atoms with van der Waals surface area (Å²) in [6, 6.07) is 4.88. The lowest BCUT2D eigenvalue weighted by atomic mass is 10.2. The van der Waals surface area contributed by atoms with Gasteiger partial charge in [-0.05, 0) is 13.0 Å². The molecule has 1 N–H and O–H groups in total. The maximum absolute atomic E-state index is 13.6. The second-order valence-corrected chi connectivity index (χ2v) is 4.69. The quantitative estimate of drug-likeness (QED) is 0.877. The second kappa shape index (κ2) is 6.32. The van der Waals surface area contributed by atoms with E-state index in [1.807, 2.05) is 17.9 Å². The van der Waals surface area contributed by atoms with Gasteiger partial charge in [0.25, 0.3) is 0 Å². The summed E-state index contributed by atoms with van der Waals surface area (Å²) >= 11 is 0. The zero-order valence-electron chi connectivity index (χ0n) is 11.3. The minimum Gasteiger partial charge on any atom is -0.493 e. The normalized spacial score (nSPS) is 23.8. The molecule has 1 fully saturated rings. The van der Waals surface area contributed by atoms with Gasteiger partial charge in [0, 0.05) is 31.8 Å². The van der Waals surface area contributed by atoms with Crippen LogP contribution >= 0.6 is 0 Å². The molecule has 4 nitrogen and oxygen atoms in total. The molecule has 0 amide bonds. The van der Waals surface area contributed by atoms with E-state index in [9.17, 15) is 9.50 Å². The molecule has 5 heteroatoms. The van der Waals surface area contributed by atoms with E-state index in [0.29, 0.717) is 26.2 Å². The third-order valence-electron chi connectivity index (χ3n) is 3.34. The third-order valence-corrected chi connectivity index (χ3v) is 3.34. The average molecular weight is 269 g/mol. The number of ether oxygens (including phenoxy) is 2. The Bertz CT molecular complexity index is 427. The van der Waals surface area contributed by atoms with Gasteiger partial charge in [-0.1, -0.05) is 12.1 Å². The number of rotatable bonds is 5. The molecule has 1 aromatic rings. The lowest BCUT2D eigenvalue weighted by molar-refractivity contribution is -0.00245. The lowest BCUT2D eigenvalue weighted by Crippen LogP contribution is -2.26. The fourth-order valence-electron chi connectivity index (χ4n) is 2.49. The van der Waals surface area contributed by atoms with E-state index in [1.165, 1.54) is 13.2 Å². The summed E-state index contributed by atoms with van der Waals surface area (Å²) in [6.45, 7) is 4.21. The van der Waals surface area contributed by atoms with E-state index in [1.54, 1.807) is 6.07 Å².